The Balaban J connectivity index is 1.80. The van der Waals surface area contributed by atoms with E-state index in [1.807, 2.05) is 36.4 Å². The first-order valence-corrected chi connectivity index (χ1v) is 11.5. The van der Waals surface area contributed by atoms with Crippen molar-refractivity contribution in [1.82, 2.24) is 5.32 Å². The second-order valence-electron chi connectivity index (χ2n) is 7.96. The second-order valence-corrected chi connectivity index (χ2v) is 8.52. The van der Waals surface area contributed by atoms with Gasteiger partial charge in [0.25, 0.3) is 5.91 Å². The van der Waals surface area contributed by atoms with Crippen LogP contribution in [0, 0.1) is 0 Å². The number of hydrogen-bond acceptors (Lipinski definition) is 5. The molecule has 0 bridgehead atoms. The molecule has 2 aromatic carbocycles. The number of aliphatic carboxylic acids is 1. The zero-order chi connectivity index (χ0) is 23.3. The fourth-order valence-electron chi connectivity index (χ4n) is 3.84. The first kappa shape index (κ1) is 24.1. The molecule has 0 spiro atoms. The van der Waals surface area contributed by atoms with Crippen LogP contribution in [0.25, 0.3) is 11.1 Å². The number of carboxylic acid groups (broad SMARTS) is 1. The van der Waals surface area contributed by atoms with Crippen LogP contribution in [-0.2, 0) is 26.1 Å². The molecule has 0 radical (unpaired) electrons. The van der Waals surface area contributed by atoms with Gasteiger partial charge in [-0.2, -0.15) is 0 Å². The monoisotopic (exact) mass is 505 g/mol. The molecular formula is C24H28BrNO6. The summed E-state index contributed by atoms with van der Waals surface area (Å²) in [4.78, 5) is 24.4. The molecule has 2 aromatic rings. The van der Waals surface area contributed by atoms with Crippen molar-refractivity contribution < 1.29 is 28.9 Å². The van der Waals surface area contributed by atoms with Gasteiger partial charge in [0.1, 0.15) is 23.1 Å². The number of carboxylic acids is 1. The minimum absolute atomic E-state index is 0.161. The van der Waals surface area contributed by atoms with E-state index in [0.717, 1.165) is 28.7 Å². The lowest BCUT2D eigenvalue weighted by molar-refractivity contribution is -0.147. The summed E-state index contributed by atoms with van der Waals surface area (Å²) in [5.74, 6) is -0.0998. The Morgan fingerprint density at radius 1 is 1.16 bits per heavy atom. The van der Waals surface area contributed by atoms with E-state index < -0.39 is 17.6 Å². The zero-order valence-corrected chi connectivity index (χ0v) is 20.0. The van der Waals surface area contributed by atoms with Crippen molar-refractivity contribution in [2.24, 2.45) is 0 Å². The molecule has 1 saturated heterocycles. The maximum atomic E-state index is 12.6. The predicted octanol–water partition coefficient (Wildman–Crippen LogP) is 3.95. The van der Waals surface area contributed by atoms with Crippen LogP contribution in [0.2, 0.25) is 0 Å². The van der Waals surface area contributed by atoms with Crippen molar-refractivity contribution in [2.75, 3.05) is 20.8 Å². The van der Waals surface area contributed by atoms with Crippen LogP contribution in [0.4, 0.5) is 0 Å². The lowest BCUT2D eigenvalue weighted by atomic mass is 9.97. The van der Waals surface area contributed by atoms with Crippen molar-refractivity contribution in [2.45, 2.75) is 43.2 Å². The van der Waals surface area contributed by atoms with Gasteiger partial charge in [-0.05, 0) is 48.6 Å². The lowest BCUT2D eigenvalue weighted by Crippen LogP contribution is -2.51. The van der Waals surface area contributed by atoms with Crippen LogP contribution in [0.3, 0.4) is 0 Å². The molecule has 7 nitrogen and oxygen atoms in total. The number of nitrogens with one attached hydrogen (secondary N) is 1. The molecule has 1 aliphatic heterocycles. The van der Waals surface area contributed by atoms with E-state index in [9.17, 15) is 14.7 Å². The molecule has 0 unspecified atom stereocenters. The summed E-state index contributed by atoms with van der Waals surface area (Å²) in [6, 6.07) is 10.3. The standard InChI is InChI=1S/C24H28BrNO6/c1-24(9-4-10-32-24)23(29)26-18(22(27)28)11-15-5-7-17(8-6-15)21-19(30-2)12-16(14-25)13-20(21)31-3/h5-8,12-13,18H,4,9-11,14H2,1-3H3,(H,26,29)(H,27,28)/t18-,24+/m0/s1. The van der Waals surface area contributed by atoms with E-state index >= 15 is 0 Å². The van der Waals surface area contributed by atoms with Gasteiger partial charge in [0.2, 0.25) is 0 Å². The van der Waals surface area contributed by atoms with Gasteiger partial charge >= 0.3 is 5.97 Å². The van der Waals surface area contributed by atoms with Crippen LogP contribution in [-0.4, -0.2) is 49.5 Å². The molecule has 3 rings (SSSR count). The Bertz CT molecular complexity index is 944. The number of carbonyl (C=O) groups excluding carboxylic acids is 1. The summed E-state index contributed by atoms with van der Waals surface area (Å²) >= 11 is 3.45. The van der Waals surface area contributed by atoms with E-state index in [4.69, 9.17) is 14.2 Å². The molecule has 0 aromatic heterocycles. The average molecular weight is 506 g/mol. The number of alkyl halides is 1. The highest BCUT2D eigenvalue weighted by Crippen LogP contribution is 2.40. The van der Waals surface area contributed by atoms with Crippen LogP contribution in [0.15, 0.2) is 36.4 Å². The molecule has 32 heavy (non-hydrogen) atoms. The Morgan fingerprint density at radius 2 is 1.78 bits per heavy atom. The van der Waals surface area contributed by atoms with Crippen molar-refractivity contribution in [1.29, 1.82) is 0 Å². The molecule has 1 aliphatic rings. The first-order chi connectivity index (χ1) is 15.3. The average Bonchev–Trinajstić information content (AvgIpc) is 3.25. The third-order valence-electron chi connectivity index (χ3n) is 5.70. The zero-order valence-electron chi connectivity index (χ0n) is 18.4. The van der Waals surface area contributed by atoms with Crippen molar-refractivity contribution >= 4 is 27.8 Å². The van der Waals surface area contributed by atoms with E-state index in [1.165, 1.54) is 0 Å². The number of ether oxygens (including phenoxy) is 3. The maximum absolute atomic E-state index is 12.6. The van der Waals surface area contributed by atoms with Crippen LogP contribution in [0.1, 0.15) is 30.9 Å². The van der Waals surface area contributed by atoms with Gasteiger partial charge in [0.05, 0.1) is 19.8 Å². The van der Waals surface area contributed by atoms with Crippen LogP contribution in [0.5, 0.6) is 11.5 Å². The van der Waals surface area contributed by atoms with Gasteiger partial charge in [-0.3, -0.25) is 4.79 Å². The summed E-state index contributed by atoms with van der Waals surface area (Å²) in [5.41, 5.74) is 2.55. The molecule has 1 amide bonds. The van der Waals surface area contributed by atoms with E-state index in [2.05, 4.69) is 21.2 Å². The highest BCUT2D eigenvalue weighted by molar-refractivity contribution is 9.08. The summed E-state index contributed by atoms with van der Waals surface area (Å²) in [5, 5.41) is 12.9. The Hall–Kier alpha value is -2.58. The van der Waals surface area contributed by atoms with E-state index in [0.29, 0.717) is 29.9 Å². The molecule has 1 fully saturated rings. The first-order valence-electron chi connectivity index (χ1n) is 10.4. The smallest absolute Gasteiger partial charge is 0.326 e. The number of benzene rings is 2. The number of amides is 1. The molecule has 8 heteroatoms. The van der Waals surface area contributed by atoms with Crippen LogP contribution >= 0.6 is 15.9 Å². The van der Waals surface area contributed by atoms with Crippen molar-refractivity contribution in [3.05, 3.63) is 47.5 Å². The Kier molecular flexibility index (Phi) is 7.79. The molecule has 0 aliphatic carbocycles. The summed E-state index contributed by atoms with van der Waals surface area (Å²) in [7, 11) is 3.22. The van der Waals surface area contributed by atoms with Crippen molar-refractivity contribution in [3.8, 4) is 22.6 Å². The number of methoxy groups -OCH3 is 2. The fourth-order valence-corrected chi connectivity index (χ4v) is 4.16. The molecule has 0 saturated carbocycles. The minimum atomic E-state index is -1.09. The number of rotatable bonds is 9. The van der Waals surface area contributed by atoms with Gasteiger partial charge in [0.15, 0.2) is 0 Å². The molecule has 2 N–H and O–H groups in total. The molecule has 172 valence electrons. The van der Waals surface area contributed by atoms with E-state index in [1.54, 1.807) is 21.1 Å². The minimum Gasteiger partial charge on any atom is -0.496 e. The largest absolute Gasteiger partial charge is 0.496 e. The van der Waals surface area contributed by atoms with Gasteiger partial charge in [-0.1, -0.05) is 40.2 Å². The van der Waals surface area contributed by atoms with Gasteiger partial charge < -0.3 is 24.6 Å². The van der Waals surface area contributed by atoms with Crippen LogP contribution < -0.4 is 14.8 Å². The number of hydrogen-bond donors (Lipinski definition) is 2. The Labute approximate surface area is 196 Å². The van der Waals surface area contributed by atoms with Gasteiger partial charge in [0, 0.05) is 18.4 Å². The highest BCUT2D eigenvalue weighted by atomic mass is 79.9. The topological polar surface area (TPSA) is 94.1 Å². The van der Waals surface area contributed by atoms with Crippen molar-refractivity contribution in [3.63, 3.8) is 0 Å². The van der Waals surface area contributed by atoms with Gasteiger partial charge in [-0.15, -0.1) is 0 Å². The summed E-state index contributed by atoms with van der Waals surface area (Å²) < 4.78 is 16.7. The molecule has 2 atom stereocenters. The third kappa shape index (κ3) is 5.24. The summed E-state index contributed by atoms with van der Waals surface area (Å²) in [6.07, 6.45) is 1.53. The third-order valence-corrected chi connectivity index (χ3v) is 6.35. The summed E-state index contributed by atoms with van der Waals surface area (Å²) in [6.45, 7) is 2.21. The fraction of sp³-hybridized carbons (Fsp3) is 0.417. The predicted molar refractivity (Wildman–Crippen MR) is 124 cm³/mol. The van der Waals surface area contributed by atoms with E-state index in [-0.39, 0.29) is 12.3 Å². The SMILES string of the molecule is COc1cc(CBr)cc(OC)c1-c1ccc(C[C@H](NC(=O)[C@@]2(C)CCCO2)C(=O)O)cc1. The van der Waals surface area contributed by atoms with Gasteiger partial charge in [-0.25, -0.2) is 4.79 Å². The normalized spacial score (nSPS) is 18.8. The Morgan fingerprint density at radius 3 is 2.25 bits per heavy atom. The lowest BCUT2D eigenvalue weighted by Gasteiger charge is -2.24. The highest BCUT2D eigenvalue weighted by Gasteiger charge is 2.39. The molecule has 1 heterocycles. The second kappa shape index (κ2) is 10.4. The number of halogens is 1. The molecular weight excluding hydrogens is 478 g/mol. The maximum Gasteiger partial charge on any atom is 0.326 e. The number of carbonyl (C=O) groups is 2. The quantitative estimate of drug-likeness (QED) is 0.501.